The zero-order valence-corrected chi connectivity index (χ0v) is 18.0. The highest BCUT2D eigenvalue weighted by atomic mass is 35.5. The first-order valence-corrected chi connectivity index (χ1v) is 10.7. The first-order chi connectivity index (χ1) is 14.1. The Morgan fingerprint density at radius 2 is 2.03 bits per heavy atom. The summed E-state index contributed by atoms with van der Waals surface area (Å²) >= 11 is 7.59. The van der Waals surface area contributed by atoms with Gasteiger partial charge >= 0.3 is 0 Å². The van der Waals surface area contributed by atoms with Gasteiger partial charge in [-0.25, -0.2) is 0 Å². The van der Waals surface area contributed by atoms with Gasteiger partial charge in [0.25, 0.3) is 5.91 Å². The Balaban J connectivity index is 1.95. The summed E-state index contributed by atoms with van der Waals surface area (Å²) < 4.78 is 14.1. The van der Waals surface area contributed by atoms with Crippen LogP contribution < -0.4 is 9.54 Å². The minimum absolute atomic E-state index is 0.341. The van der Waals surface area contributed by atoms with Gasteiger partial charge in [0.15, 0.2) is 4.80 Å². The summed E-state index contributed by atoms with van der Waals surface area (Å²) in [5, 5.41) is 0.591. The first-order valence-electron chi connectivity index (χ1n) is 9.47. The Morgan fingerprint density at radius 3 is 2.79 bits per heavy atom. The van der Waals surface area contributed by atoms with Crippen LogP contribution in [-0.4, -0.2) is 30.3 Å². The van der Waals surface area contributed by atoms with E-state index in [9.17, 15) is 4.79 Å². The Kier molecular flexibility index (Phi) is 7.63. The number of amides is 1. The van der Waals surface area contributed by atoms with Crippen LogP contribution >= 0.6 is 22.9 Å². The number of carbonyl (C=O) groups excluding carboxylic acids is 1. The predicted octanol–water partition coefficient (Wildman–Crippen LogP) is 4.93. The van der Waals surface area contributed by atoms with Crippen molar-refractivity contribution in [2.75, 3.05) is 19.8 Å². The lowest BCUT2D eigenvalue weighted by molar-refractivity contribution is -0.113. The number of thiazole rings is 1. The molecule has 0 atom stereocenters. The summed E-state index contributed by atoms with van der Waals surface area (Å²) in [6.45, 7) is 6.31. The van der Waals surface area contributed by atoms with Crippen LogP contribution in [0.5, 0.6) is 5.75 Å². The van der Waals surface area contributed by atoms with Crippen molar-refractivity contribution in [3.05, 3.63) is 63.9 Å². The van der Waals surface area contributed by atoms with E-state index < -0.39 is 0 Å². The quantitative estimate of drug-likeness (QED) is 0.376. The largest absolute Gasteiger partial charge is 0.494 e. The van der Waals surface area contributed by atoms with Crippen LogP contribution in [0, 0.1) is 0 Å². The fraction of sp³-hybridized carbons (Fsp3) is 0.273. The number of halogens is 1. The van der Waals surface area contributed by atoms with E-state index in [-0.39, 0.29) is 5.91 Å². The summed E-state index contributed by atoms with van der Waals surface area (Å²) in [6, 6.07) is 13.3. The molecule has 0 saturated carbocycles. The van der Waals surface area contributed by atoms with Gasteiger partial charge in [0.2, 0.25) is 0 Å². The number of nitrogens with zero attached hydrogens (tertiary/aromatic N) is 2. The van der Waals surface area contributed by atoms with E-state index in [0.29, 0.717) is 36.2 Å². The van der Waals surface area contributed by atoms with Gasteiger partial charge in [-0.15, -0.1) is 0 Å². The molecule has 29 heavy (non-hydrogen) atoms. The minimum Gasteiger partial charge on any atom is -0.494 e. The van der Waals surface area contributed by atoms with Crippen molar-refractivity contribution in [3.63, 3.8) is 0 Å². The molecule has 0 bridgehead atoms. The topological polar surface area (TPSA) is 52.8 Å². The third kappa shape index (κ3) is 5.56. The second-order valence-electron chi connectivity index (χ2n) is 6.10. The van der Waals surface area contributed by atoms with Crippen LogP contribution in [-0.2, 0) is 16.1 Å². The molecule has 0 aliphatic rings. The van der Waals surface area contributed by atoms with Crippen molar-refractivity contribution < 1.29 is 14.3 Å². The van der Waals surface area contributed by atoms with Crippen LogP contribution in [0.25, 0.3) is 16.3 Å². The number of aromatic nitrogens is 1. The third-order valence-electron chi connectivity index (χ3n) is 4.15. The lowest BCUT2D eigenvalue weighted by Crippen LogP contribution is -2.19. The SMILES string of the molecule is CCOCCn1c(=NC(=O)/C=C/c2ccccc2Cl)sc2cc(OCC)ccc21. The highest BCUT2D eigenvalue weighted by Gasteiger charge is 2.09. The van der Waals surface area contributed by atoms with Crippen LogP contribution in [0.2, 0.25) is 5.02 Å². The molecule has 0 spiro atoms. The summed E-state index contributed by atoms with van der Waals surface area (Å²) in [5.41, 5.74) is 1.78. The first kappa shape index (κ1) is 21.3. The smallest absolute Gasteiger partial charge is 0.272 e. The molecular weight excluding hydrogens is 408 g/mol. The van der Waals surface area contributed by atoms with Crippen molar-refractivity contribution in [2.24, 2.45) is 4.99 Å². The van der Waals surface area contributed by atoms with Gasteiger partial charge in [-0.1, -0.05) is 41.1 Å². The van der Waals surface area contributed by atoms with Gasteiger partial charge in [-0.3, -0.25) is 4.79 Å². The van der Waals surface area contributed by atoms with Gasteiger partial charge < -0.3 is 14.0 Å². The summed E-state index contributed by atoms with van der Waals surface area (Å²) in [7, 11) is 0. The second kappa shape index (κ2) is 10.4. The van der Waals surface area contributed by atoms with Crippen LogP contribution in [0.4, 0.5) is 0 Å². The average molecular weight is 431 g/mol. The fourth-order valence-corrected chi connectivity index (χ4v) is 4.10. The number of rotatable bonds is 8. The van der Waals surface area contributed by atoms with Crippen LogP contribution in [0.3, 0.4) is 0 Å². The van der Waals surface area contributed by atoms with E-state index in [1.807, 2.05) is 54.8 Å². The molecule has 1 heterocycles. The zero-order chi connectivity index (χ0) is 20.6. The number of benzene rings is 2. The van der Waals surface area contributed by atoms with Gasteiger partial charge in [0.1, 0.15) is 5.75 Å². The van der Waals surface area contributed by atoms with Crippen LogP contribution in [0.15, 0.2) is 53.5 Å². The normalized spacial score (nSPS) is 12.2. The van der Waals surface area contributed by atoms with Crippen molar-refractivity contribution in [1.82, 2.24) is 4.57 Å². The molecule has 0 radical (unpaired) electrons. The van der Waals surface area contributed by atoms with Crippen molar-refractivity contribution in [1.29, 1.82) is 0 Å². The summed E-state index contributed by atoms with van der Waals surface area (Å²) in [5.74, 6) is 0.460. The maximum Gasteiger partial charge on any atom is 0.272 e. The van der Waals surface area contributed by atoms with E-state index in [1.165, 1.54) is 17.4 Å². The van der Waals surface area contributed by atoms with Gasteiger partial charge in [-0.05, 0) is 49.8 Å². The maximum absolute atomic E-state index is 12.5. The molecule has 0 unspecified atom stereocenters. The van der Waals surface area contributed by atoms with Crippen molar-refractivity contribution >= 4 is 45.1 Å². The summed E-state index contributed by atoms with van der Waals surface area (Å²) in [4.78, 5) is 17.4. The van der Waals surface area contributed by atoms with E-state index in [0.717, 1.165) is 21.5 Å². The molecule has 5 nitrogen and oxygen atoms in total. The highest BCUT2D eigenvalue weighted by Crippen LogP contribution is 2.23. The van der Waals surface area contributed by atoms with Gasteiger partial charge in [-0.2, -0.15) is 4.99 Å². The van der Waals surface area contributed by atoms with Crippen LogP contribution in [0.1, 0.15) is 19.4 Å². The number of ether oxygens (including phenoxy) is 2. The molecule has 0 aliphatic heterocycles. The monoisotopic (exact) mass is 430 g/mol. The minimum atomic E-state index is -0.341. The molecular formula is C22H23ClN2O3S. The molecule has 1 aromatic heterocycles. The van der Waals surface area contributed by atoms with Gasteiger partial charge in [0, 0.05) is 24.3 Å². The second-order valence-corrected chi connectivity index (χ2v) is 7.52. The zero-order valence-electron chi connectivity index (χ0n) is 16.4. The Morgan fingerprint density at radius 1 is 1.21 bits per heavy atom. The molecule has 3 rings (SSSR count). The molecule has 0 aliphatic carbocycles. The lowest BCUT2D eigenvalue weighted by Gasteiger charge is -2.06. The molecule has 1 amide bonds. The number of hydrogen-bond acceptors (Lipinski definition) is 4. The molecule has 7 heteroatoms. The average Bonchev–Trinajstić information content (AvgIpc) is 3.04. The van der Waals surface area contributed by atoms with E-state index in [1.54, 1.807) is 12.1 Å². The molecule has 0 fully saturated rings. The van der Waals surface area contributed by atoms with E-state index in [4.69, 9.17) is 21.1 Å². The van der Waals surface area contributed by atoms with E-state index >= 15 is 0 Å². The molecule has 152 valence electrons. The third-order valence-corrected chi connectivity index (χ3v) is 5.53. The van der Waals surface area contributed by atoms with Crippen molar-refractivity contribution in [3.8, 4) is 5.75 Å². The standard InChI is InChI=1S/C22H23ClN2O3S/c1-3-27-14-13-25-19-11-10-17(28-4-2)15-20(19)29-22(25)24-21(26)12-9-16-7-5-6-8-18(16)23/h5-12,15H,3-4,13-14H2,1-2H3/b12-9+,24-22?. The maximum atomic E-state index is 12.5. The molecule has 0 N–H and O–H groups in total. The Hall–Kier alpha value is -2.41. The van der Waals surface area contributed by atoms with Gasteiger partial charge in [0.05, 0.1) is 23.4 Å². The van der Waals surface area contributed by atoms with Crippen molar-refractivity contribution in [2.45, 2.75) is 20.4 Å². The summed E-state index contributed by atoms with van der Waals surface area (Å²) in [6.07, 6.45) is 3.11. The Bertz CT molecular complexity index is 1090. The molecule has 2 aromatic carbocycles. The fourth-order valence-electron chi connectivity index (χ4n) is 2.81. The predicted molar refractivity (Wildman–Crippen MR) is 119 cm³/mol. The lowest BCUT2D eigenvalue weighted by atomic mass is 10.2. The van der Waals surface area contributed by atoms with E-state index in [2.05, 4.69) is 4.99 Å². The highest BCUT2D eigenvalue weighted by molar-refractivity contribution is 7.16. The Labute approximate surface area is 178 Å². The molecule has 0 saturated heterocycles. The number of carbonyl (C=O) groups is 1. The number of fused-ring (bicyclic) bond motifs is 1. The number of hydrogen-bond donors (Lipinski definition) is 0. The molecule has 3 aromatic rings.